The lowest BCUT2D eigenvalue weighted by molar-refractivity contribution is 0.0884. The molecule has 5 aromatic rings. The van der Waals surface area contributed by atoms with E-state index in [1.54, 1.807) is 22.9 Å². The lowest BCUT2D eigenvalue weighted by Crippen LogP contribution is -2.53. The number of para-hydroxylation sites is 2. The van der Waals surface area contributed by atoms with Crippen molar-refractivity contribution in [3.8, 4) is 17.0 Å². The third-order valence-corrected chi connectivity index (χ3v) is 8.45. The second-order valence-electron chi connectivity index (χ2n) is 11.6. The summed E-state index contributed by atoms with van der Waals surface area (Å²) in [5, 5.41) is 22.1. The molecule has 0 aliphatic carbocycles. The molecule has 44 heavy (non-hydrogen) atoms. The predicted molar refractivity (Wildman–Crippen MR) is 172 cm³/mol. The zero-order chi connectivity index (χ0) is 30.8. The van der Waals surface area contributed by atoms with Crippen LogP contribution in [0.1, 0.15) is 27.2 Å². The Morgan fingerprint density at radius 3 is 2.61 bits per heavy atom. The number of carbonyl (C=O) groups is 1. The molecule has 4 N–H and O–H groups in total. The number of H-pyrrole nitrogens is 1. The van der Waals surface area contributed by atoms with Gasteiger partial charge < -0.3 is 25.6 Å². The molecule has 0 unspecified atom stereocenters. The Labute approximate surface area is 256 Å². The van der Waals surface area contributed by atoms with E-state index in [0.29, 0.717) is 12.5 Å². The SMILES string of the molecule is Cc1cnc(Nc2cn(C)nc2C)nc1-c1c[nH]c2c(C[C@H](CNC(=O)c3ccccc3O)N3CCN(C)CC3)cccc12. The molecular formula is C33H39N9O2. The van der Waals surface area contributed by atoms with Crippen molar-refractivity contribution in [2.45, 2.75) is 26.3 Å². The summed E-state index contributed by atoms with van der Waals surface area (Å²) in [6.07, 6.45) is 6.53. The summed E-state index contributed by atoms with van der Waals surface area (Å²) in [7, 11) is 4.03. The summed E-state index contributed by atoms with van der Waals surface area (Å²) < 4.78 is 1.76. The molecule has 11 nitrogen and oxygen atoms in total. The summed E-state index contributed by atoms with van der Waals surface area (Å²) in [4.78, 5) is 30.8. The largest absolute Gasteiger partial charge is 0.507 e. The van der Waals surface area contributed by atoms with Gasteiger partial charge in [-0.2, -0.15) is 5.10 Å². The first-order chi connectivity index (χ1) is 21.3. The normalized spacial score (nSPS) is 15.0. The number of phenols is 1. The van der Waals surface area contributed by atoms with Gasteiger partial charge in [0, 0.05) is 80.9 Å². The van der Waals surface area contributed by atoms with Crippen molar-refractivity contribution in [3.05, 3.63) is 83.4 Å². The fourth-order valence-corrected chi connectivity index (χ4v) is 5.94. The Morgan fingerprint density at radius 2 is 1.86 bits per heavy atom. The van der Waals surface area contributed by atoms with E-state index in [1.807, 2.05) is 39.5 Å². The minimum atomic E-state index is -0.271. The fourth-order valence-electron chi connectivity index (χ4n) is 5.94. The summed E-state index contributed by atoms with van der Waals surface area (Å²) in [5.41, 5.74) is 7.11. The zero-order valence-electron chi connectivity index (χ0n) is 25.6. The quantitative estimate of drug-likeness (QED) is 0.202. The van der Waals surface area contributed by atoms with Crippen LogP contribution in [0.2, 0.25) is 0 Å². The van der Waals surface area contributed by atoms with Gasteiger partial charge in [-0.1, -0.05) is 30.3 Å². The number of phenolic OH excluding ortho intramolecular Hbond substituents is 1. The number of piperazine rings is 1. The Kier molecular flexibility index (Phi) is 8.32. The van der Waals surface area contributed by atoms with E-state index < -0.39 is 0 Å². The molecule has 1 aliphatic heterocycles. The van der Waals surface area contributed by atoms with Crippen LogP contribution in [0.4, 0.5) is 11.6 Å². The van der Waals surface area contributed by atoms with Crippen molar-refractivity contribution in [3.63, 3.8) is 0 Å². The van der Waals surface area contributed by atoms with Crippen LogP contribution in [0.25, 0.3) is 22.2 Å². The molecule has 1 amide bonds. The highest BCUT2D eigenvalue weighted by Gasteiger charge is 2.25. The highest BCUT2D eigenvalue weighted by Crippen LogP contribution is 2.32. The van der Waals surface area contributed by atoms with Crippen LogP contribution in [0, 0.1) is 13.8 Å². The van der Waals surface area contributed by atoms with Crippen molar-refractivity contribution < 1.29 is 9.90 Å². The number of hydrogen-bond acceptors (Lipinski definition) is 8. The first-order valence-corrected chi connectivity index (χ1v) is 15.0. The van der Waals surface area contributed by atoms with Gasteiger partial charge in [0.05, 0.1) is 22.6 Å². The standard InChI is InChI=1S/C33H39N9O2/c1-21-17-36-33(37-28-20-41(4)39-22(28)2)38-30(21)27-19-34-31-23(8-7-10-25(27)31)16-24(42-14-12-40(3)13-15-42)18-35-32(44)26-9-5-6-11-29(26)43/h5-11,17,19-20,24,34,43H,12-16,18H2,1-4H3,(H,35,44)(H,36,37,38)/t24-/m1/s1. The van der Waals surface area contributed by atoms with Gasteiger partial charge in [0.25, 0.3) is 5.91 Å². The Morgan fingerprint density at radius 1 is 1.07 bits per heavy atom. The Hall–Kier alpha value is -4.74. The maximum absolute atomic E-state index is 13.0. The molecular weight excluding hydrogens is 554 g/mol. The minimum absolute atomic E-state index is 0.0150. The molecule has 2 aromatic carbocycles. The number of aromatic nitrogens is 5. The molecule has 0 bridgehead atoms. The van der Waals surface area contributed by atoms with Gasteiger partial charge in [-0.05, 0) is 50.6 Å². The van der Waals surface area contributed by atoms with E-state index in [9.17, 15) is 9.90 Å². The molecule has 3 aromatic heterocycles. The molecule has 4 heterocycles. The van der Waals surface area contributed by atoms with Crippen molar-refractivity contribution in [1.82, 2.24) is 39.8 Å². The van der Waals surface area contributed by atoms with E-state index in [4.69, 9.17) is 4.98 Å². The van der Waals surface area contributed by atoms with Crippen molar-refractivity contribution in [2.75, 3.05) is 45.1 Å². The average molecular weight is 594 g/mol. The number of nitrogens with one attached hydrogen (secondary N) is 3. The summed E-state index contributed by atoms with van der Waals surface area (Å²) in [6, 6.07) is 13.1. The number of carbonyl (C=O) groups excluding carboxylic acids is 1. The lowest BCUT2D eigenvalue weighted by Gasteiger charge is -2.38. The van der Waals surface area contributed by atoms with Crippen molar-refractivity contribution in [2.24, 2.45) is 7.05 Å². The van der Waals surface area contributed by atoms with Crippen LogP contribution in [-0.4, -0.2) is 91.4 Å². The van der Waals surface area contributed by atoms with E-state index in [0.717, 1.165) is 71.7 Å². The van der Waals surface area contributed by atoms with Gasteiger partial charge in [-0.25, -0.2) is 9.97 Å². The van der Waals surface area contributed by atoms with Crippen LogP contribution in [0.3, 0.4) is 0 Å². The van der Waals surface area contributed by atoms with Gasteiger partial charge >= 0.3 is 0 Å². The molecule has 228 valence electrons. The van der Waals surface area contributed by atoms with Gasteiger partial charge in [-0.3, -0.25) is 14.4 Å². The number of rotatable bonds is 9. The maximum Gasteiger partial charge on any atom is 0.255 e. The third-order valence-electron chi connectivity index (χ3n) is 8.45. The molecule has 1 atom stereocenters. The molecule has 0 saturated carbocycles. The molecule has 0 radical (unpaired) electrons. The summed E-state index contributed by atoms with van der Waals surface area (Å²) in [6.45, 7) is 8.23. The first-order valence-electron chi connectivity index (χ1n) is 15.0. The number of amides is 1. The average Bonchev–Trinajstić information content (AvgIpc) is 3.59. The zero-order valence-corrected chi connectivity index (χ0v) is 25.6. The molecule has 6 rings (SSSR count). The van der Waals surface area contributed by atoms with Crippen LogP contribution in [0.5, 0.6) is 5.75 Å². The highest BCUT2D eigenvalue weighted by molar-refractivity contribution is 5.97. The van der Waals surface area contributed by atoms with Crippen molar-refractivity contribution >= 4 is 28.4 Å². The number of fused-ring (bicyclic) bond motifs is 1. The van der Waals surface area contributed by atoms with Crippen LogP contribution in [0.15, 0.2) is 61.1 Å². The highest BCUT2D eigenvalue weighted by atomic mass is 16.3. The fraction of sp³-hybridized carbons (Fsp3) is 0.333. The van der Waals surface area contributed by atoms with Crippen LogP contribution < -0.4 is 10.6 Å². The number of nitrogens with zero attached hydrogens (tertiary/aromatic N) is 6. The third kappa shape index (κ3) is 6.15. The van der Waals surface area contributed by atoms with Crippen molar-refractivity contribution in [1.29, 1.82) is 0 Å². The maximum atomic E-state index is 13.0. The molecule has 1 saturated heterocycles. The number of anilines is 2. The van der Waals surface area contributed by atoms with Crippen LogP contribution >= 0.6 is 0 Å². The number of hydrogen-bond donors (Lipinski definition) is 4. The number of aryl methyl sites for hydroxylation is 3. The molecule has 1 fully saturated rings. The van der Waals surface area contributed by atoms with E-state index in [-0.39, 0.29) is 23.3 Å². The topological polar surface area (TPSA) is 127 Å². The lowest BCUT2D eigenvalue weighted by atomic mass is 9.99. The number of benzene rings is 2. The second kappa shape index (κ2) is 12.5. The number of aromatic hydroxyl groups is 1. The van der Waals surface area contributed by atoms with Gasteiger partial charge in [0.15, 0.2) is 0 Å². The Balaban J connectivity index is 1.27. The molecule has 11 heteroatoms. The second-order valence-corrected chi connectivity index (χ2v) is 11.6. The molecule has 0 spiro atoms. The van der Waals surface area contributed by atoms with Gasteiger partial charge in [-0.15, -0.1) is 0 Å². The van der Waals surface area contributed by atoms with E-state index in [1.165, 1.54) is 11.6 Å². The predicted octanol–water partition coefficient (Wildman–Crippen LogP) is 4.01. The summed E-state index contributed by atoms with van der Waals surface area (Å²) in [5.74, 6) is 0.231. The van der Waals surface area contributed by atoms with E-state index >= 15 is 0 Å². The van der Waals surface area contributed by atoms with Gasteiger partial charge in [0.2, 0.25) is 5.95 Å². The summed E-state index contributed by atoms with van der Waals surface area (Å²) >= 11 is 0. The molecule has 1 aliphatic rings. The number of aromatic amines is 1. The first kappa shape index (κ1) is 29.3. The minimum Gasteiger partial charge on any atom is -0.507 e. The number of likely N-dealkylation sites (N-methyl/N-ethyl adjacent to an activating group) is 1. The smallest absolute Gasteiger partial charge is 0.255 e. The van der Waals surface area contributed by atoms with Gasteiger partial charge in [0.1, 0.15) is 5.75 Å². The van der Waals surface area contributed by atoms with E-state index in [2.05, 4.69) is 60.7 Å². The van der Waals surface area contributed by atoms with Crippen LogP contribution in [-0.2, 0) is 13.5 Å². The monoisotopic (exact) mass is 593 g/mol. The Bertz CT molecular complexity index is 1790.